The van der Waals surface area contributed by atoms with Gasteiger partial charge in [0.05, 0.1) is 22.8 Å². The maximum Gasteiger partial charge on any atom is 0.196 e. The Bertz CT molecular complexity index is 2060. The van der Waals surface area contributed by atoms with E-state index in [4.69, 9.17) is 20.8 Å². The van der Waals surface area contributed by atoms with Gasteiger partial charge in [0.25, 0.3) is 0 Å². The largest absolute Gasteiger partial charge is 0.487 e. The highest BCUT2D eigenvalue weighted by Crippen LogP contribution is 2.33. The Hall–Kier alpha value is -4.84. The average Bonchev–Trinajstić information content (AvgIpc) is 3.52. The molecule has 6 aromatic rings. The van der Waals surface area contributed by atoms with Gasteiger partial charge in [-0.1, -0.05) is 29.8 Å². The summed E-state index contributed by atoms with van der Waals surface area (Å²) in [5, 5.41) is 7.65. The fraction of sp³-hybridized carbons (Fsp3) is 0.121. The summed E-state index contributed by atoms with van der Waals surface area (Å²) in [5.41, 5.74) is 2.95. The molecule has 0 unspecified atom stereocenters. The lowest BCUT2D eigenvalue weighted by atomic mass is 10.1. The molecular weight excluding hydrogens is 617 g/mol. The molecule has 0 fully saturated rings. The van der Waals surface area contributed by atoms with E-state index >= 15 is 0 Å². The van der Waals surface area contributed by atoms with Crippen LogP contribution in [0.2, 0.25) is 5.02 Å². The molecule has 45 heavy (non-hydrogen) atoms. The number of nitrogens with one attached hydrogen (secondary N) is 2. The summed E-state index contributed by atoms with van der Waals surface area (Å²) >= 11 is 6.49. The summed E-state index contributed by atoms with van der Waals surface area (Å²) in [6.45, 7) is 0.799. The third kappa shape index (κ3) is 7.46. The maximum absolute atomic E-state index is 13.5. The highest BCUT2D eigenvalue weighted by molar-refractivity contribution is 7.91. The van der Waals surface area contributed by atoms with Gasteiger partial charge in [0, 0.05) is 29.4 Å². The Morgan fingerprint density at radius 3 is 2.64 bits per heavy atom. The van der Waals surface area contributed by atoms with Crippen LogP contribution in [0.15, 0.2) is 113 Å². The summed E-state index contributed by atoms with van der Waals surface area (Å²) in [6.07, 6.45) is 2.94. The number of fused-ring (bicyclic) bond motifs is 1. The lowest BCUT2D eigenvalue weighted by Gasteiger charge is -2.12. The van der Waals surface area contributed by atoms with Gasteiger partial charge < -0.3 is 19.8 Å². The van der Waals surface area contributed by atoms with Crippen LogP contribution < -0.4 is 15.4 Å². The molecule has 3 aromatic heterocycles. The van der Waals surface area contributed by atoms with Gasteiger partial charge >= 0.3 is 0 Å². The van der Waals surface area contributed by atoms with Gasteiger partial charge in [0.1, 0.15) is 41.8 Å². The molecule has 3 heterocycles. The van der Waals surface area contributed by atoms with E-state index in [2.05, 4.69) is 25.6 Å². The van der Waals surface area contributed by atoms with E-state index in [1.807, 2.05) is 36.4 Å². The Morgan fingerprint density at radius 1 is 0.911 bits per heavy atom. The first kappa shape index (κ1) is 30.2. The molecule has 0 atom stereocenters. The van der Waals surface area contributed by atoms with Gasteiger partial charge in [-0.25, -0.2) is 27.8 Å². The summed E-state index contributed by atoms with van der Waals surface area (Å²) < 4.78 is 50.2. The van der Waals surface area contributed by atoms with Gasteiger partial charge in [0.15, 0.2) is 14.9 Å². The second-order valence-corrected chi connectivity index (χ2v) is 12.5. The van der Waals surface area contributed by atoms with Gasteiger partial charge in [0.2, 0.25) is 0 Å². The number of ether oxygens (including phenoxy) is 1. The van der Waals surface area contributed by atoms with Crippen molar-refractivity contribution in [3.63, 3.8) is 0 Å². The topological polar surface area (TPSA) is 119 Å². The molecule has 12 heteroatoms. The zero-order valence-electron chi connectivity index (χ0n) is 23.8. The third-order valence-electron chi connectivity index (χ3n) is 6.86. The molecule has 0 saturated carbocycles. The van der Waals surface area contributed by atoms with Crippen LogP contribution in [0.5, 0.6) is 5.75 Å². The Kier molecular flexibility index (Phi) is 9.01. The van der Waals surface area contributed by atoms with Crippen molar-refractivity contribution in [3.05, 3.63) is 126 Å². The number of anilines is 2. The molecule has 0 spiro atoms. The zero-order valence-corrected chi connectivity index (χ0v) is 25.4. The minimum absolute atomic E-state index is 0.0630. The van der Waals surface area contributed by atoms with Crippen molar-refractivity contribution < 1.29 is 22.0 Å². The molecule has 3 aromatic carbocycles. The molecule has 0 radical (unpaired) electrons. The van der Waals surface area contributed by atoms with E-state index in [1.165, 1.54) is 30.7 Å². The molecule has 2 N–H and O–H groups in total. The van der Waals surface area contributed by atoms with E-state index in [-0.39, 0.29) is 29.7 Å². The number of halogens is 2. The number of hydrogen-bond donors (Lipinski definition) is 2. The number of hydrogen-bond acceptors (Lipinski definition) is 9. The van der Waals surface area contributed by atoms with E-state index in [0.717, 1.165) is 16.5 Å². The van der Waals surface area contributed by atoms with Crippen LogP contribution in [0.1, 0.15) is 11.3 Å². The van der Waals surface area contributed by atoms with Crippen LogP contribution in [-0.2, 0) is 23.0 Å². The number of aromatic nitrogens is 3. The molecule has 6 rings (SSSR count). The van der Waals surface area contributed by atoms with E-state index < -0.39 is 9.84 Å². The highest BCUT2D eigenvalue weighted by Gasteiger charge is 2.15. The Labute approximate surface area is 264 Å². The molecule has 0 aliphatic rings. The monoisotopic (exact) mass is 643 g/mol. The summed E-state index contributed by atoms with van der Waals surface area (Å²) in [7, 11) is -3.47. The number of pyridine rings is 1. The smallest absolute Gasteiger partial charge is 0.196 e. The lowest BCUT2D eigenvalue weighted by molar-refractivity contribution is 0.306. The second-order valence-electron chi connectivity index (χ2n) is 10.1. The van der Waals surface area contributed by atoms with Gasteiger partial charge in [-0.15, -0.1) is 0 Å². The fourth-order valence-electron chi connectivity index (χ4n) is 4.61. The number of sulfone groups is 1. The van der Waals surface area contributed by atoms with Crippen molar-refractivity contribution in [3.8, 4) is 17.1 Å². The van der Waals surface area contributed by atoms with E-state index in [1.54, 1.807) is 36.4 Å². The second kappa shape index (κ2) is 13.4. The third-order valence-corrected chi connectivity index (χ3v) is 8.78. The molecule has 228 valence electrons. The maximum atomic E-state index is 13.5. The van der Waals surface area contributed by atoms with Crippen molar-refractivity contribution >= 4 is 43.8 Å². The number of benzene rings is 3. The van der Waals surface area contributed by atoms with Crippen molar-refractivity contribution in [2.24, 2.45) is 0 Å². The van der Waals surface area contributed by atoms with Gasteiger partial charge in [-0.05, 0) is 78.4 Å². The first-order chi connectivity index (χ1) is 21.8. The average molecular weight is 644 g/mol. The lowest BCUT2D eigenvalue weighted by Crippen LogP contribution is -2.23. The fourth-order valence-corrected chi connectivity index (χ4v) is 5.98. The van der Waals surface area contributed by atoms with Crippen molar-refractivity contribution in [1.29, 1.82) is 0 Å². The number of rotatable bonds is 12. The number of nitrogens with zero attached hydrogens (tertiary/aromatic N) is 3. The van der Waals surface area contributed by atoms with E-state index in [0.29, 0.717) is 45.9 Å². The van der Waals surface area contributed by atoms with Crippen LogP contribution in [0.4, 0.5) is 15.9 Å². The molecule has 0 amide bonds. The van der Waals surface area contributed by atoms with Crippen molar-refractivity contribution in [1.82, 2.24) is 20.3 Å². The first-order valence-corrected chi connectivity index (χ1v) is 16.0. The summed E-state index contributed by atoms with van der Waals surface area (Å²) in [6, 6.07) is 25.8. The summed E-state index contributed by atoms with van der Waals surface area (Å²) in [5.74, 6) is 1.96. The van der Waals surface area contributed by atoms with Gasteiger partial charge in [-0.2, -0.15) is 0 Å². The highest BCUT2D eigenvalue weighted by atomic mass is 35.5. The molecular formula is C33H27ClFN5O4S. The predicted molar refractivity (Wildman–Crippen MR) is 171 cm³/mol. The van der Waals surface area contributed by atoms with Crippen LogP contribution >= 0.6 is 11.6 Å². The number of furan rings is 1. The molecule has 0 aliphatic heterocycles. The van der Waals surface area contributed by atoms with Gasteiger partial charge in [-0.3, -0.25) is 0 Å². The minimum Gasteiger partial charge on any atom is -0.487 e. The first-order valence-electron chi connectivity index (χ1n) is 14.0. The van der Waals surface area contributed by atoms with Crippen molar-refractivity contribution in [2.75, 3.05) is 17.6 Å². The standard InChI is InChI=1S/C33H27ClFN5O4S/c34-28-18-25(8-11-31(28)43-20-22-4-3-5-24(35)16-22)40-33-27-17-23(7-10-29(27)38-21-39-33)30-12-9-26(44-30)19-36-14-15-45(41,42)32-6-1-2-13-37-32/h1-13,16-18,21,36H,14-15,19-20H2,(H,38,39,40). The molecule has 0 saturated heterocycles. The van der Waals surface area contributed by atoms with E-state index in [9.17, 15) is 12.8 Å². The van der Waals surface area contributed by atoms with Crippen molar-refractivity contribution in [2.45, 2.75) is 18.2 Å². The van der Waals surface area contributed by atoms with Crippen LogP contribution in [0.3, 0.4) is 0 Å². The van der Waals surface area contributed by atoms with Crippen LogP contribution in [-0.4, -0.2) is 35.7 Å². The quantitative estimate of drug-likeness (QED) is 0.136. The van der Waals surface area contributed by atoms with Crippen LogP contribution in [0, 0.1) is 5.82 Å². The minimum atomic E-state index is -3.47. The Morgan fingerprint density at radius 2 is 1.82 bits per heavy atom. The van der Waals surface area contributed by atoms with Crippen LogP contribution in [0.25, 0.3) is 22.2 Å². The molecule has 0 bridgehead atoms. The predicted octanol–water partition coefficient (Wildman–Crippen LogP) is 6.96. The Balaban J connectivity index is 1.11. The molecule has 0 aliphatic carbocycles. The zero-order chi connectivity index (χ0) is 31.2. The molecule has 9 nitrogen and oxygen atoms in total. The normalized spacial score (nSPS) is 11.5. The summed E-state index contributed by atoms with van der Waals surface area (Å²) in [4.78, 5) is 12.8. The SMILES string of the molecule is O=S(=O)(CCNCc1ccc(-c2ccc3ncnc(Nc4ccc(OCc5cccc(F)c5)c(Cl)c4)c3c2)o1)c1ccccn1.